The van der Waals surface area contributed by atoms with Crippen LogP contribution >= 0.6 is 0 Å². The Morgan fingerprint density at radius 3 is 1.74 bits per heavy atom. The van der Waals surface area contributed by atoms with Gasteiger partial charge in [-0.15, -0.1) is 0 Å². The zero-order valence-corrected chi connectivity index (χ0v) is 18.4. The Morgan fingerprint density at radius 2 is 1.32 bits per heavy atom. The molecule has 4 unspecified atom stereocenters. The molecule has 0 rings (SSSR count). The molecular weight excluding hydrogens is 410 g/mol. The van der Waals surface area contributed by atoms with Crippen LogP contribution in [0.3, 0.4) is 0 Å². The van der Waals surface area contributed by atoms with Gasteiger partial charge >= 0.3 is 5.97 Å². The molecule has 4 amide bonds. The van der Waals surface area contributed by atoms with Crippen LogP contribution in [0.5, 0.6) is 0 Å². The molecule has 0 bridgehead atoms. The fourth-order valence-electron chi connectivity index (χ4n) is 2.56. The van der Waals surface area contributed by atoms with Gasteiger partial charge in [0.25, 0.3) is 0 Å². The Labute approximate surface area is 181 Å². The quantitative estimate of drug-likeness (QED) is 0.155. The number of carboxylic acid groups (broad SMARTS) is 1. The summed E-state index contributed by atoms with van der Waals surface area (Å²) in [6.45, 7) is 6.32. The molecule has 0 radical (unpaired) electrons. The molecule has 0 aliphatic heterocycles. The number of carbonyl (C=O) groups excluding carboxylic acids is 4. The molecule has 12 nitrogen and oxygen atoms in total. The van der Waals surface area contributed by atoms with Crippen LogP contribution in [0.1, 0.15) is 47.0 Å². The number of rotatable bonds is 14. The van der Waals surface area contributed by atoms with Crippen molar-refractivity contribution in [3.8, 4) is 0 Å². The summed E-state index contributed by atoms with van der Waals surface area (Å²) < 4.78 is 0. The van der Waals surface area contributed by atoms with Gasteiger partial charge in [0.1, 0.15) is 18.1 Å². The lowest BCUT2D eigenvalue weighted by Gasteiger charge is -2.26. The summed E-state index contributed by atoms with van der Waals surface area (Å²) in [6.07, 6.45) is -0.200. The number of hydrogen-bond acceptors (Lipinski definition) is 7. The van der Waals surface area contributed by atoms with E-state index in [0.717, 1.165) is 0 Å². The lowest BCUT2D eigenvalue weighted by Crippen LogP contribution is -2.58. The standard InChI is InChI=1S/C19H35N5O7/c1-9(2)7-12(23-18(29)15(21)10(3)4)17(28)22-11(5-6-14(20)26)16(27)24-13(8-25)19(30)31/h9-13,15,25H,5-8,21H2,1-4H3,(H2,20,26)(H,22,28)(H,23,29)(H,24,27)(H,30,31). The minimum atomic E-state index is -1.59. The summed E-state index contributed by atoms with van der Waals surface area (Å²) in [4.78, 5) is 59.8. The molecule has 0 aromatic heterocycles. The van der Waals surface area contributed by atoms with E-state index in [4.69, 9.17) is 21.7 Å². The van der Waals surface area contributed by atoms with Gasteiger partial charge < -0.3 is 37.6 Å². The third kappa shape index (κ3) is 10.7. The maximum absolute atomic E-state index is 12.8. The molecule has 0 heterocycles. The predicted octanol–water partition coefficient (Wildman–Crippen LogP) is -2.19. The molecule has 0 saturated heterocycles. The molecule has 31 heavy (non-hydrogen) atoms. The van der Waals surface area contributed by atoms with Crippen LogP contribution in [0.15, 0.2) is 0 Å². The van der Waals surface area contributed by atoms with E-state index in [2.05, 4.69) is 16.0 Å². The second-order valence-electron chi connectivity index (χ2n) is 8.11. The number of nitrogens with one attached hydrogen (secondary N) is 3. The highest BCUT2D eigenvalue weighted by Crippen LogP contribution is 2.08. The second kappa shape index (κ2) is 13.5. The zero-order valence-electron chi connectivity index (χ0n) is 18.4. The Morgan fingerprint density at radius 1 is 0.839 bits per heavy atom. The summed E-state index contributed by atoms with van der Waals surface area (Å²) >= 11 is 0. The molecule has 0 saturated carbocycles. The normalized spacial score (nSPS) is 15.0. The molecule has 0 aromatic rings. The van der Waals surface area contributed by atoms with E-state index in [9.17, 15) is 24.0 Å². The van der Waals surface area contributed by atoms with Gasteiger partial charge in [0.2, 0.25) is 23.6 Å². The van der Waals surface area contributed by atoms with Gasteiger partial charge in [-0.3, -0.25) is 19.2 Å². The minimum Gasteiger partial charge on any atom is -0.480 e. The van der Waals surface area contributed by atoms with Crippen molar-refractivity contribution in [2.24, 2.45) is 23.3 Å². The highest BCUT2D eigenvalue weighted by Gasteiger charge is 2.31. The SMILES string of the molecule is CC(C)CC(NC(=O)C(N)C(C)C)C(=O)NC(CCC(N)=O)C(=O)NC(CO)C(=O)O. The van der Waals surface area contributed by atoms with Gasteiger partial charge in [-0.2, -0.15) is 0 Å². The molecule has 178 valence electrons. The number of aliphatic carboxylic acids is 1. The average molecular weight is 446 g/mol. The van der Waals surface area contributed by atoms with E-state index in [1.54, 1.807) is 13.8 Å². The molecule has 12 heteroatoms. The summed E-state index contributed by atoms with van der Waals surface area (Å²) in [5, 5.41) is 25.2. The summed E-state index contributed by atoms with van der Waals surface area (Å²) in [5.74, 6) is -4.48. The van der Waals surface area contributed by atoms with Crippen LogP contribution < -0.4 is 27.4 Å². The van der Waals surface area contributed by atoms with E-state index < -0.39 is 60.4 Å². The van der Waals surface area contributed by atoms with Crippen molar-refractivity contribution in [1.82, 2.24) is 16.0 Å². The zero-order chi connectivity index (χ0) is 24.3. The first-order chi connectivity index (χ1) is 14.3. The fraction of sp³-hybridized carbons (Fsp3) is 0.737. The Balaban J connectivity index is 5.49. The van der Waals surface area contributed by atoms with Gasteiger partial charge in [-0.05, 0) is 24.7 Å². The molecule has 0 fully saturated rings. The van der Waals surface area contributed by atoms with Crippen molar-refractivity contribution in [3.05, 3.63) is 0 Å². The van der Waals surface area contributed by atoms with Crippen molar-refractivity contribution in [2.45, 2.75) is 71.1 Å². The molecule has 0 aromatic carbocycles. The third-order valence-corrected chi connectivity index (χ3v) is 4.47. The van der Waals surface area contributed by atoms with Crippen LogP contribution in [-0.4, -0.2) is 70.6 Å². The van der Waals surface area contributed by atoms with E-state index in [0.29, 0.717) is 0 Å². The number of aliphatic hydroxyl groups is 1. The van der Waals surface area contributed by atoms with E-state index >= 15 is 0 Å². The smallest absolute Gasteiger partial charge is 0.328 e. The predicted molar refractivity (Wildman–Crippen MR) is 111 cm³/mol. The largest absolute Gasteiger partial charge is 0.480 e. The lowest BCUT2D eigenvalue weighted by molar-refractivity contribution is -0.143. The maximum atomic E-state index is 12.8. The number of aliphatic hydroxyl groups excluding tert-OH is 1. The van der Waals surface area contributed by atoms with E-state index in [1.807, 2.05) is 13.8 Å². The Hall–Kier alpha value is -2.73. The van der Waals surface area contributed by atoms with Crippen molar-refractivity contribution in [3.63, 3.8) is 0 Å². The van der Waals surface area contributed by atoms with Crippen LogP contribution in [0.4, 0.5) is 0 Å². The molecule has 4 atom stereocenters. The number of carbonyl (C=O) groups is 5. The van der Waals surface area contributed by atoms with Gasteiger partial charge in [0.05, 0.1) is 12.6 Å². The fourth-order valence-corrected chi connectivity index (χ4v) is 2.56. The summed E-state index contributed by atoms with van der Waals surface area (Å²) in [5.41, 5.74) is 10.9. The van der Waals surface area contributed by atoms with Gasteiger partial charge in [-0.25, -0.2) is 4.79 Å². The third-order valence-electron chi connectivity index (χ3n) is 4.47. The van der Waals surface area contributed by atoms with E-state index in [1.165, 1.54) is 0 Å². The van der Waals surface area contributed by atoms with E-state index in [-0.39, 0.29) is 31.1 Å². The second-order valence-corrected chi connectivity index (χ2v) is 8.11. The highest BCUT2D eigenvalue weighted by molar-refractivity contribution is 5.94. The number of hydrogen-bond donors (Lipinski definition) is 7. The van der Waals surface area contributed by atoms with Gasteiger partial charge in [0, 0.05) is 6.42 Å². The summed E-state index contributed by atoms with van der Waals surface area (Å²) in [7, 11) is 0. The molecule has 0 aliphatic carbocycles. The number of amides is 4. The monoisotopic (exact) mass is 445 g/mol. The van der Waals surface area contributed by atoms with Crippen molar-refractivity contribution in [2.75, 3.05) is 6.61 Å². The Bertz CT molecular complexity index is 654. The molecule has 9 N–H and O–H groups in total. The maximum Gasteiger partial charge on any atom is 0.328 e. The van der Waals surface area contributed by atoms with Crippen LogP contribution in [0.25, 0.3) is 0 Å². The lowest BCUT2D eigenvalue weighted by atomic mass is 10.00. The first-order valence-electron chi connectivity index (χ1n) is 10.1. The first kappa shape index (κ1) is 28.3. The Kier molecular flexibility index (Phi) is 12.4. The van der Waals surface area contributed by atoms with Gasteiger partial charge in [0.15, 0.2) is 0 Å². The van der Waals surface area contributed by atoms with Crippen molar-refractivity contribution < 1.29 is 34.2 Å². The van der Waals surface area contributed by atoms with Crippen molar-refractivity contribution >= 4 is 29.6 Å². The topological polar surface area (TPSA) is 214 Å². The number of primary amides is 1. The average Bonchev–Trinajstić information content (AvgIpc) is 2.66. The van der Waals surface area contributed by atoms with Crippen LogP contribution in [0.2, 0.25) is 0 Å². The number of nitrogens with two attached hydrogens (primary N) is 2. The summed E-state index contributed by atoms with van der Waals surface area (Å²) in [6, 6.07) is -4.74. The van der Waals surface area contributed by atoms with Gasteiger partial charge in [-0.1, -0.05) is 27.7 Å². The van der Waals surface area contributed by atoms with Crippen LogP contribution in [-0.2, 0) is 24.0 Å². The molecule has 0 aliphatic rings. The minimum absolute atomic E-state index is 0.00926. The highest BCUT2D eigenvalue weighted by atomic mass is 16.4. The number of carboxylic acids is 1. The molecule has 0 spiro atoms. The molecular formula is C19H35N5O7. The first-order valence-corrected chi connectivity index (χ1v) is 10.1. The van der Waals surface area contributed by atoms with Crippen LogP contribution in [0, 0.1) is 11.8 Å². The van der Waals surface area contributed by atoms with Crippen molar-refractivity contribution in [1.29, 1.82) is 0 Å².